The molecule has 3 rings (SSSR count). The number of hydrogen-bond acceptors (Lipinski definition) is 4. The Balaban J connectivity index is 1.66. The van der Waals surface area contributed by atoms with Crippen molar-refractivity contribution in [1.82, 2.24) is 5.32 Å². The normalized spacial score (nSPS) is 25.3. The maximum absolute atomic E-state index is 12.7. The number of anilines is 1. The Morgan fingerprint density at radius 2 is 2.07 bits per heavy atom. The van der Waals surface area contributed by atoms with Gasteiger partial charge < -0.3 is 20.7 Å². The number of carbonyl (C=O) groups is 3. The van der Waals surface area contributed by atoms with Crippen molar-refractivity contribution in [3.63, 3.8) is 0 Å². The zero-order valence-corrected chi connectivity index (χ0v) is 16.0. The largest absolute Gasteiger partial charge is 0.495 e. The maximum Gasteiger partial charge on any atom is 0.227 e. The van der Waals surface area contributed by atoms with E-state index in [1.165, 1.54) is 7.11 Å². The number of primary amides is 1. The first-order chi connectivity index (χ1) is 12.9. The average molecular weight is 394 g/mol. The van der Waals surface area contributed by atoms with Crippen LogP contribution in [0.2, 0.25) is 5.02 Å². The van der Waals surface area contributed by atoms with Crippen molar-refractivity contribution in [2.45, 2.75) is 38.1 Å². The van der Waals surface area contributed by atoms with E-state index in [9.17, 15) is 14.4 Å². The van der Waals surface area contributed by atoms with Gasteiger partial charge in [-0.2, -0.15) is 0 Å². The quantitative estimate of drug-likeness (QED) is 0.797. The van der Waals surface area contributed by atoms with Crippen LogP contribution in [-0.2, 0) is 14.4 Å². The molecule has 1 aliphatic heterocycles. The second kappa shape index (κ2) is 8.17. The van der Waals surface area contributed by atoms with Gasteiger partial charge in [-0.25, -0.2) is 0 Å². The van der Waals surface area contributed by atoms with Gasteiger partial charge in [0.15, 0.2) is 0 Å². The number of benzene rings is 1. The fourth-order valence-corrected chi connectivity index (χ4v) is 4.05. The molecule has 1 heterocycles. The average Bonchev–Trinajstić information content (AvgIpc) is 3.03. The number of halogens is 1. The molecule has 1 saturated carbocycles. The minimum atomic E-state index is -0.449. The smallest absolute Gasteiger partial charge is 0.227 e. The second-order valence-electron chi connectivity index (χ2n) is 7.19. The van der Waals surface area contributed by atoms with E-state index in [-0.39, 0.29) is 42.6 Å². The van der Waals surface area contributed by atoms with Gasteiger partial charge in [-0.05, 0) is 37.5 Å². The molecule has 0 radical (unpaired) electrons. The summed E-state index contributed by atoms with van der Waals surface area (Å²) in [6.07, 6.45) is 3.14. The number of amides is 3. The molecule has 3 N–H and O–H groups in total. The highest BCUT2D eigenvalue weighted by Crippen LogP contribution is 2.35. The summed E-state index contributed by atoms with van der Waals surface area (Å²) in [7, 11) is 1.52. The molecule has 0 spiro atoms. The van der Waals surface area contributed by atoms with E-state index in [2.05, 4.69) is 5.32 Å². The van der Waals surface area contributed by atoms with Crippen LogP contribution < -0.4 is 20.7 Å². The molecule has 0 unspecified atom stereocenters. The highest BCUT2D eigenvalue weighted by molar-refractivity contribution is 6.31. The van der Waals surface area contributed by atoms with Crippen LogP contribution in [-0.4, -0.2) is 37.4 Å². The molecule has 27 heavy (non-hydrogen) atoms. The van der Waals surface area contributed by atoms with Gasteiger partial charge in [-0.15, -0.1) is 0 Å². The van der Waals surface area contributed by atoms with Crippen molar-refractivity contribution < 1.29 is 19.1 Å². The third-order valence-electron chi connectivity index (χ3n) is 5.35. The summed E-state index contributed by atoms with van der Waals surface area (Å²) in [5.41, 5.74) is 5.96. The van der Waals surface area contributed by atoms with Gasteiger partial charge in [-0.3, -0.25) is 14.4 Å². The standard InChI is InChI=1S/C19H24ClN3O4/c1-27-16-6-5-13(20)9-15(16)23-10-12(8-17(23)24)19(26)22-14-4-2-3-11(7-14)18(21)25/h5-6,9,11-12,14H,2-4,7-8,10H2,1H3,(H2,21,25)(H,22,26)/t11-,12-,14-/m1/s1. The highest BCUT2D eigenvalue weighted by atomic mass is 35.5. The predicted octanol–water partition coefficient (Wildman–Crippen LogP) is 1.86. The number of hydrogen-bond donors (Lipinski definition) is 2. The number of nitrogens with one attached hydrogen (secondary N) is 1. The molecule has 0 bridgehead atoms. The predicted molar refractivity (Wildman–Crippen MR) is 102 cm³/mol. The molecular weight excluding hydrogens is 370 g/mol. The first-order valence-electron chi connectivity index (χ1n) is 9.12. The van der Waals surface area contributed by atoms with Crippen LogP contribution >= 0.6 is 11.6 Å². The number of nitrogens with two attached hydrogens (primary N) is 1. The first kappa shape index (κ1) is 19.5. The molecule has 1 saturated heterocycles. The van der Waals surface area contributed by atoms with Gasteiger partial charge in [-0.1, -0.05) is 18.0 Å². The number of ether oxygens (including phenoxy) is 1. The molecule has 0 aromatic heterocycles. The lowest BCUT2D eigenvalue weighted by atomic mass is 9.85. The lowest BCUT2D eigenvalue weighted by Crippen LogP contribution is -2.44. The molecule has 3 atom stereocenters. The van der Waals surface area contributed by atoms with Gasteiger partial charge >= 0.3 is 0 Å². The van der Waals surface area contributed by atoms with Crippen molar-refractivity contribution in [3.8, 4) is 5.75 Å². The lowest BCUT2D eigenvalue weighted by molar-refractivity contribution is -0.128. The molecule has 8 heteroatoms. The third-order valence-corrected chi connectivity index (χ3v) is 5.59. The van der Waals surface area contributed by atoms with Crippen LogP contribution in [0.1, 0.15) is 32.1 Å². The van der Waals surface area contributed by atoms with Crippen molar-refractivity contribution in [2.24, 2.45) is 17.6 Å². The maximum atomic E-state index is 12.7. The number of methoxy groups -OCH3 is 1. The summed E-state index contributed by atoms with van der Waals surface area (Å²) in [6, 6.07) is 4.97. The zero-order valence-electron chi connectivity index (χ0n) is 15.2. The van der Waals surface area contributed by atoms with E-state index >= 15 is 0 Å². The van der Waals surface area contributed by atoms with Gasteiger partial charge in [0.2, 0.25) is 17.7 Å². The number of carbonyl (C=O) groups excluding carboxylic acids is 3. The molecular formula is C19H24ClN3O4. The molecule has 1 aromatic rings. The molecule has 3 amide bonds. The highest BCUT2D eigenvalue weighted by Gasteiger charge is 2.37. The van der Waals surface area contributed by atoms with Crippen molar-refractivity contribution in [3.05, 3.63) is 23.2 Å². The van der Waals surface area contributed by atoms with E-state index in [0.717, 1.165) is 19.3 Å². The van der Waals surface area contributed by atoms with E-state index in [0.29, 0.717) is 22.9 Å². The summed E-state index contributed by atoms with van der Waals surface area (Å²) in [5, 5.41) is 3.49. The van der Waals surface area contributed by atoms with Crippen LogP contribution in [0.4, 0.5) is 5.69 Å². The summed E-state index contributed by atoms with van der Waals surface area (Å²) < 4.78 is 5.32. The van der Waals surface area contributed by atoms with E-state index in [4.69, 9.17) is 22.1 Å². The van der Waals surface area contributed by atoms with Gasteiger partial charge in [0.1, 0.15) is 5.75 Å². The second-order valence-corrected chi connectivity index (χ2v) is 7.63. The minimum Gasteiger partial charge on any atom is -0.495 e. The van der Waals surface area contributed by atoms with Gasteiger partial charge in [0.05, 0.1) is 18.7 Å². The first-order valence-corrected chi connectivity index (χ1v) is 9.50. The summed E-state index contributed by atoms with van der Waals surface area (Å²) in [5.74, 6) is -0.734. The van der Waals surface area contributed by atoms with E-state index in [1.54, 1.807) is 23.1 Å². The summed E-state index contributed by atoms with van der Waals surface area (Å²) >= 11 is 6.06. The fourth-order valence-electron chi connectivity index (χ4n) is 3.89. The number of rotatable bonds is 5. The monoisotopic (exact) mass is 393 g/mol. The van der Waals surface area contributed by atoms with E-state index < -0.39 is 5.92 Å². The molecule has 7 nitrogen and oxygen atoms in total. The van der Waals surface area contributed by atoms with Crippen LogP contribution in [0, 0.1) is 11.8 Å². The summed E-state index contributed by atoms with van der Waals surface area (Å²) in [6.45, 7) is 0.271. The fraction of sp³-hybridized carbons (Fsp3) is 0.526. The Morgan fingerprint density at radius 1 is 1.30 bits per heavy atom. The number of nitrogens with zero attached hydrogens (tertiary/aromatic N) is 1. The van der Waals surface area contributed by atoms with Crippen molar-refractivity contribution >= 4 is 35.0 Å². The Morgan fingerprint density at radius 3 is 2.78 bits per heavy atom. The van der Waals surface area contributed by atoms with Gasteiger partial charge in [0, 0.05) is 29.9 Å². The Labute approximate surface area is 163 Å². The molecule has 1 aliphatic carbocycles. The van der Waals surface area contributed by atoms with Crippen LogP contribution in [0.25, 0.3) is 0 Å². The summed E-state index contributed by atoms with van der Waals surface area (Å²) in [4.78, 5) is 38.1. The topological polar surface area (TPSA) is 102 Å². The SMILES string of the molecule is COc1ccc(Cl)cc1N1C[C@H](C(=O)N[C@@H]2CCC[C@@H](C(N)=O)C2)CC1=O. The minimum absolute atomic E-state index is 0.0754. The van der Waals surface area contributed by atoms with Crippen molar-refractivity contribution in [1.29, 1.82) is 0 Å². The lowest BCUT2D eigenvalue weighted by Gasteiger charge is -2.28. The Kier molecular flexibility index (Phi) is 5.89. The van der Waals surface area contributed by atoms with Crippen molar-refractivity contribution in [2.75, 3.05) is 18.6 Å². The van der Waals surface area contributed by atoms with Crippen LogP contribution in [0.5, 0.6) is 5.75 Å². The van der Waals surface area contributed by atoms with Crippen LogP contribution in [0.3, 0.4) is 0 Å². The molecule has 146 valence electrons. The van der Waals surface area contributed by atoms with Crippen LogP contribution in [0.15, 0.2) is 18.2 Å². The Hall–Kier alpha value is -2.28. The van der Waals surface area contributed by atoms with E-state index in [1.807, 2.05) is 0 Å². The Bertz CT molecular complexity index is 754. The molecule has 1 aromatic carbocycles. The zero-order chi connectivity index (χ0) is 19.6. The van der Waals surface area contributed by atoms with Gasteiger partial charge in [0.25, 0.3) is 0 Å². The third kappa shape index (κ3) is 4.35. The molecule has 2 aliphatic rings. The molecule has 2 fully saturated rings.